The van der Waals surface area contributed by atoms with Gasteiger partial charge in [-0.1, -0.05) is 17.7 Å². The van der Waals surface area contributed by atoms with Crippen LogP contribution in [0.3, 0.4) is 0 Å². The average Bonchev–Trinajstić information content (AvgIpc) is 2.78. The van der Waals surface area contributed by atoms with Crippen LogP contribution in [0.5, 0.6) is 0 Å². The Balaban J connectivity index is 1.87. The first-order valence-electron chi connectivity index (χ1n) is 6.68. The van der Waals surface area contributed by atoms with Crippen molar-refractivity contribution < 1.29 is 18.4 Å². The lowest BCUT2D eigenvalue weighted by Gasteiger charge is -2.20. The molecule has 0 bridgehead atoms. The number of likely N-dealkylation sites (N-methyl/N-ethyl adjacent to an activating group) is 1. The fourth-order valence-corrected chi connectivity index (χ4v) is 2.41. The van der Waals surface area contributed by atoms with E-state index in [2.05, 4.69) is 10.6 Å². The van der Waals surface area contributed by atoms with Gasteiger partial charge in [-0.15, -0.1) is 0 Å². The molecule has 1 aromatic carbocycles. The third-order valence-corrected chi connectivity index (χ3v) is 3.51. The number of carbonyl (C=O) groups is 2. The molecule has 1 fully saturated rings. The van der Waals surface area contributed by atoms with Crippen LogP contribution in [0.4, 0.5) is 14.5 Å². The summed E-state index contributed by atoms with van der Waals surface area (Å²) in [5, 5.41) is 5.53. The summed E-state index contributed by atoms with van der Waals surface area (Å²) in [7, 11) is 1.40. The summed E-state index contributed by atoms with van der Waals surface area (Å²) in [6, 6.07) is 5.61. The minimum absolute atomic E-state index is 0.227. The van der Waals surface area contributed by atoms with Crippen LogP contribution in [-0.4, -0.2) is 48.8 Å². The predicted octanol–water partition coefficient (Wildman–Crippen LogP) is 1.73. The molecular formula is C14H16ClF2N3O2. The third-order valence-electron chi connectivity index (χ3n) is 3.27. The Kier molecular flexibility index (Phi) is 4.97. The first-order valence-corrected chi connectivity index (χ1v) is 7.06. The Hall–Kier alpha value is -1.73. The Bertz CT molecular complexity index is 583. The maximum atomic E-state index is 13.1. The summed E-state index contributed by atoms with van der Waals surface area (Å²) >= 11 is 5.80. The fraction of sp³-hybridized carbons (Fsp3) is 0.429. The lowest BCUT2D eigenvalue weighted by Crippen LogP contribution is -2.44. The van der Waals surface area contributed by atoms with Gasteiger partial charge in [0, 0.05) is 24.2 Å². The van der Waals surface area contributed by atoms with Gasteiger partial charge < -0.3 is 10.2 Å². The number of nitrogens with one attached hydrogen (secondary N) is 2. The normalized spacial score (nSPS) is 19.7. The van der Waals surface area contributed by atoms with Gasteiger partial charge in [0.15, 0.2) is 0 Å². The average molecular weight is 332 g/mol. The number of hydrogen-bond donors (Lipinski definition) is 2. The molecule has 2 amide bonds. The van der Waals surface area contributed by atoms with Crippen molar-refractivity contribution in [2.24, 2.45) is 0 Å². The van der Waals surface area contributed by atoms with Crippen LogP contribution in [0.2, 0.25) is 5.02 Å². The maximum absolute atomic E-state index is 13.1. The monoisotopic (exact) mass is 331 g/mol. The summed E-state index contributed by atoms with van der Waals surface area (Å²) in [4.78, 5) is 25.0. The molecule has 1 unspecified atom stereocenters. The highest BCUT2D eigenvalue weighted by Crippen LogP contribution is 2.25. The van der Waals surface area contributed by atoms with Gasteiger partial charge in [-0.05, 0) is 18.2 Å². The second-order valence-electron chi connectivity index (χ2n) is 5.25. The molecule has 1 heterocycles. The minimum Gasteiger partial charge on any atom is -0.335 e. The van der Waals surface area contributed by atoms with Crippen molar-refractivity contribution in [2.45, 2.75) is 18.4 Å². The lowest BCUT2D eigenvalue weighted by molar-refractivity contribution is -0.135. The highest BCUT2D eigenvalue weighted by Gasteiger charge is 2.43. The van der Waals surface area contributed by atoms with Crippen molar-refractivity contribution in [1.29, 1.82) is 0 Å². The van der Waals surface area contributed by atoms with E-state index in [1.165, 1.54) is 7.05 Å². The van der Waals surface area contributed by atoms with Gasteiger partial charge in [0.05, 0.1) is 19.1 Å². The summed E-state index contributed by atoms with van der Waals surface area (Å²) < 4.78 is 26.2. The van der Waals surface area contributed by atoms with Crippen LogP contribution in [0.1, 0.15) is 6.42 Å². The minimum atomic E-state index is -2.88. The second kappa shape index (κ2) is 6.58. The molecule has 2 N–H and O–H groups in total. The number of carbonyl (C=O) groups excluding carboxylic acids is 2. The van der Waals surface area contributed by atoms with Crippen molar-refractivity contribution >= 4 is 29.1 Å². The summed E-state index contributed by atoms with van der Waals surface area (Å²) in [5.74, 6) is -3.84. The van der Waals surface area contributed by atoms with E-state index >= 15 is 0 Å². The summed E-state index contributed by atoms with van der Waals surface area (Å²) in [6.07, 6.45) is -0.550. The molecule has 0 aliphatic carbocycles. The number of rotatable bonds is 4. The molecule has 0 saturated carbocycles. The van der Waals surface area contributed by atoms with E-state index in [0.29, 0.717) is 10.7 Å². The van der Waals surface area contributed by atoms with Crippen molar-refractivity contribution in [2.75, 3.05) is 25.5 Å². The number of benzene rings is 1. The number of hydrogen-bond acceptors (Lipinski definition) is 3. The van der Waals surface area contributed by atoms with E-state index in [-0.39, 0.29) is 6.54 Å². The van der Waals surface area contributed by atoms with E-state index in [0.717, 1.165) is 4.90 Å². The molecule has 1 aliphatic heterocycles. The third kappa shape index (κ3) is 4.38. The molecule has 22 heavy (non-hydrogen) atoms. The number of halogens is 3. The van der Waals surface area contributed by atoms with Crippen LogP contribution in [0, 0.1) is 0 Å². The van der Waals surface area contributed by atoms with E-state index in [4.69, 9.17) is 11.6 Å². The number of nitrogens with zero attached hydrogens (tertiary/aromatic N) is 1. The van der Waals surface area contributed by atoms with Crippen LogP contribution in [0.15, 0.2) is 24.3 Å². The van der Waals surface area contributed by atoms with Crippen LogP contribution < -0.4 is 10.6 Å². The van der Waals surface area contributed by atoms with Gasteiger partial charge in [-0.25, -0.2) is 8.78 Å². The van der Waals surface area contributed by atoms with Gasteiger partial charge in [0.25, 0.3) is 5.92 Å². The van der Waals surface area contributed by atoms with E-state index in [1.54, 1.807) is 24.3 Å². The van der Waals surface area contributed by atoms with E-state index < -0.39 is 36.7 Å². The molecule has 5 nitrogen and oxygen atoms in total. The number of anilines is 1. The van der Waals surface area contributed by atoms with E-state index in [9.17, 15) is 18.4 Å². The summed E-state index contributed by atoms with van der Waals surface area (Å²) in [5.41, 5.74) is 0.504. The molecule has 1 saturated heterocycles. The zero-order valence-electron chi connectivity index (χ0n) is 11.9. The van der Waals surface area contributed by atoms with Crippen LogP contribution in [-0.2, 0) is 9.59 Å². The fourth-order valence-electron chi connectivity index (χ4n) is 2.22. The predicted molar refractivity (Wildman–Crippen MR) is 79.1 cm³/mol. The Morgan fingerprint density at radius 1 is 1.50 bits per heavy atom. The lowest BCUT2D eigenvalue weighted by atomic mass is 10.1. The number of amides is 2. The second-order valence-corrected chi connectivity index (χ2v) is 5.68. The smallest absolute Gasteiger partial charge is 0.262 e. The standard InChI is InChI=1S/C14H16ClF2N3O2/c1-20(13(22)11-6-14(16,17)8-18-11)7-12(21)19-10-4-2-3-9(15)5-10/h2-5,11,18H,6-8H2,1H3,(H,19,21). The highest BCUT2D eigenvalue weighted by atomic mass is 35.5. The largest absolute Gasteiger partial charge is 0.335 e. The van der Waals surface area contributed by atoms with Crippen molar-refractivity contribution in [1.82, 2.24) is 10.2 Å². The quantitative estimate of drug-likeness (QED) is 0.883. The molecule has 2 rings (SSSR count). The van der Waals surface area contributed by atoms with E-state index in [1.807, 2.05) is 0 Å². The SMILES string of the molecule is CN(CC(=O)Nc1cccc(Cl)c1)C(=O)C1CC(F)(F)CN1. The topological polar surface area (TPSA) is 61.4 Å². The first-order chi connectivity index (χ1) is 10.3. The molecule has 0 spiro atoms. The molecule has 1 aliphatic rings. The Labute approximate surface area is 131 Å². The van der Waals surface area contributed by atoms with Gasteiger partial charge in [0.1, 0.15) is 0 Å². The van der Waals surface area contributed by atoms with Gasteiger partial charge in [0.2, 0.25) is 11.8 Å². The maximum Gasteiger partial charge on any atom is 0.262 e. The molecule has 120 valence electrons. The van der Waals surface area contributed by atoms with Crippen molar-refractivity contribution in [3.63, 3.8) is 0 Å². The zero-order valence-corrected chi connectivity index (χ0v) is 12.7. The molecule has 0 radical (unpaired) electrons. The van der Waals surface area contributed by atoms with Gasteiger partial charge >= 0.3 is 0 Å². The van der Waals surface area contributed by atoms with Crippen molar-refractivity contribution in [3.8, 4) is 0 Å². The molecule has 0 aromatic heterocycles. The zero-order chi connectivity index (χ0) is 16.3. The number of alkyl halides is 2. The molecule has 1 aromatic rings. The van der Waals surface area contributed by atoms with Gasteiger partial charge in [-0.3, -0.25) is 14.9 Å². The highest BCUT2D eigenvalue weighted by molar-refractivity contribution is 6.30. The van der Waals surface area contributed by atoms with Gasteiger partial charge in [-0.2, -0.15) is 0 Å². The molecular weight excluding hydrogens is 316 g/mol. The Morgan fingerprint density at radius 3 is 2.82 bits per heavy atom. The van der Waals surface area contributed by atoms with Crippen LogP contribution in [0.25, 0.3) is 0 Å². The van der Waals surface area contributed by atoms with Crippen molar-refractivity contribution in [3.05, 3.63) is 29.3 Å². The Morgan fingerprint density at radius 2 is 2.23 bits per heavy atom. The van der Waals surface area contributed by atoms with Crippen LogP contribution >= 0.6 is 11.6 Å². The first kappa shape index (κ1) is 16.6. The molecule has 8 heteroatoms. The molecule has 1 atom stereocenters. The summed E-state index contributed by atoms with van der Waals surface area (Å²) in [6.45, 7) is -0.749.